The highest BCUT2D eigenvalue weighted by Crippen LogP contribution is 2.19. The minimum atomic E-state index is -1.11. The number of amides is 1. The SMILES string of the molecule is Cc1cnn(-c2ccc(NC#N)cc2CNC(=O)O)c1. The first-order valence-electron chi connectivity index (χ1n) is 5.86. The molecule has 102 valence electrons. The van der Waals surface area contributed by atoms with Crippen molar-refractivity contribution in [2.75, 3.05) is 5.32 Å². The van der Waals surface area contributed by atoms with Crippen molar-refractivity contribution in [1.82, 2.24) is 15.1 Å². The van der Waals surface area contributed by atoms with Crippen LogP contribution in [-0.2, 0) is 6.54 Å². The molecule has 0 radical (unpaired) electrons. The molecule has 0 atom stereocenters. The number of nitrogens with zero attached hydrogens (tertiary/aromatic N) is 3. The Kier molecular flexibility index (Phi) is 3.86. The zero-order valence-electron chi connectivity index (χ0n) is 10.8. The predicted octanol–water partition coefficient (Wildman–Crippen LogP) is 1.84. The molecule has 0 fully saturated rings. The summed E-state index contributed by atoms with van der Waals surface area (Å²) < 4.78 is 1.67. The smallest absolute Gasteiger partial charge is 0.404 e. The van der Waals surface area contributed by atoms with E-state index >= 15 is 0 Å². The van der Waals surface area contributed by atoms with Crippen molar-refractivity contribution in [3.8, 4) is 11.9 Å². The molecule has 0 unspecified atom stereocenters. The van der Waals surface area contributed by atoms with E-state index in [2.05, 4.69) is 15.7 Å². The van der Waals surface area contributed by atoms with Crippen molar-refractivity contribution in [2.45, 2.75) is 13.5 Å². The van der Waals surface area contributed by atoms with Crippen LogP contribution in [0.25, 0.3) is 5.69 Å². The van der Waals surface area contributed by atoms with Crippen LogP contribution >= 0.6 is 0 Å². The lowest BCUT2D eigenvalue weighted by Gasteiger charge is -2.11. The van der Waals surface area contributed by atoms with Crippen LogP contribution < -0.4 is 10.6 Å². The zero-order valence-corrected chi connectivity index (χ0v) is 10.8. The largest absolute Gasteiger partial charge is 0.465 e. The Labute approximate surface area is 115 Å². The van der Waals surface area contributed by atoms with Gasteiger partial charge in [0.1, 0.15) is 0 Å². The van der Waals surface area contributed by atoms with Crippen LogP contribution in [0.5, 0.6) is 0 Å². The third-order valence-electron chi connectivity index (χ3n) is 2.67. The van der Waals surface area contributed by atoms with Crippen LogP contribution in [0.3, 0.4) is 0 Å². The van der Waals surface area contributed by atoms with Gasteiger partial charge >= 0.3 is 6.09 Å². The molecule has 2 aromatic rings. The number of nitriles is 1. The van der Waals surface area contributed by atoms with Crippen molar-refractivity contribution in [2.24, 2.45) is 0 Å². The summed E-state index contributed by atoms with van der Waals surface area (Å²) in [6, 6.07) is 5.23. The summed E-state index contributed by atoms with van der Waals surface area (Å²) in [5.41, 5.74) is 3.08. The highest BCUT2D eigenvalue weighted by Gasteiger charge is 2.08. The van der Waals surface area contributed by atoms with Crippen LogP contribution in [0, 0.1) is 18.4 Å². The van der Waals surface area contributed by atoms with Gasteiger partial charge in [-0.1, -0.05) is 0 Å². The van der Waals surface area contributed by atoms with Gasteiger partial charge in [0.15, 0.2) is 6.19 Å². The molecule has 1 amide bonds. The second kappa shape index (κ2) is 5.75. The molecule has 0 aliphatic rings. The number of nitrogens with one attached hydrogen (secondary N) is 2. The molecule has 0 aliphatic heterocycles. The molecule has 7 nitrogen and oxygen atoms in total. The van der Waals surface area contributed by atoms with Crippen LogP contribution in [-0.4, -0.2) is 21.0 Å². The topological polar surface area (TPSA) is 103 Å². The number of hydrogen-bond acceptors (Lipinski definition) is 4. The van der Waals surface area contributed by atoms with Gasteiger partial charge in [-0.2, -0.15) is 10.4 Å². The van der Waals surface area contributed by atoms with E-state index in [4.69, 9.17) is 10.4 Å². The van der Waals surface area contributed by atoms with Gasteiger partial charge in [-0.15, -0.1) is 0 Å². The molecule has 1 heterocycles. The Bertz CT molecular complexity index is 672. The van der Waals surface area contributed by atoms with E-state index in [-0.39, 0.29) is 6.54 Å². The molecule has 1 aromatic heterocycles. The quantitative estimate of drug-likeness (QED) is 0.581. The lowest BCUT2D eigenvalue weighted by molar-refractivity contribution is 0.194. The summed E-state index contributed by atoms with van der Waals surface area (Å²) in [6.45, 7) is 2.05. The third-order valence-corrected chi connectivity index (χ3v) is 2.67. The predicted molar refractivity (Wildman–Crippen MR) is 72.4 cm³/mol. The number of carboxylic acid groups (broad SMARTS) is 1. The average molecular weight is 271 g/mol. The molecule has 1 aromatic carbocycles. The van der Waals surface area contributed by atoms with Crippen LogP contribution in [0.1, 0.15) is 11.1 Å². The second-order valence-corrected chi connectivity index (χ2v) is 4.20. The fourth-order valence-electron chi connectivity index (χ4n) is 1.81. The van der Waals surface area contributed by atoms with Gasteiger partial charge in [0.05, 0.1) is 11.9 Å². The van der Waals surface area contributed by atoms with E-state index < -0.39 is 6.09 Å². The third kappa shape index (κ3) is 3.05. The first-order chi connectivity index (χ1) is 9.60. The van der Waals surface area contributed by atoms with E-state index in [0.717, 1.165) is 16.8 Å². The molecule has 0 aliphatic carbocycles. The highest BCUT2D eigenvalue weighted by atomic mass is 16.4. The van der Waals surface area contributed by atoms with Crippen molar-refractivity contribution >= 4 is 11.8 Å². The van der Waals surface area contributed by atoms with Crippen LogP contribution in [0.2, 0.25) is 0 Å². The van der Waals surface area contributed by atoms with Gasteiger partial charge in [0, 0.05) is 18.4 Å². The molecular formula is C13H13N5O2. The number of rotatable bonds is 4. The summed E-state index contributed by atoms with van der Waals surface area (Å²) in [5.74, 6) is 0. The zero-order chi connectivity index (χ0) is 14.5. The summed E-state index contributed by atoms with van der Waals surface area (Å²) in [4.78, 5) is 10.6. The van der Waals surface area contributed by atoms with E-state index in [1.807, 2.05) is 19.3 Å². The Morgan fingerprint density at radius 2 is 2.35 bits per heavy atom. The number of aryl methyl sites for hydroxylation is 1. The van der Waals surface area contributed by atoms with E-state index in [9.17, 15) is 4.79 Å². The first-order valence-corrected chi connectivity index (χ1v) is 5.86. The lowest BCUT2D eigenvalue weighted by Crippen LogP contribution is -2.21. The Morgan fingerprint density at radius 1 is 1.55 bits per heavy atom. The van der Waals surface area contributed by atoms with Gasteiger partial charge < -0.3 is 10.4 Å². The highest BCUT2D eigenvalue weighted by molar-refractivity contribution is 5.65. The molecular weight excluding hydrogens is 258 g/mol. The maximum atomic E-state index is 10.6. The molecule has 0 bridgehead atoms. The molecule has 0 spiro atoms. The Hall–Kier alpha value is -3.01. The van der Waals surface area contributed by atoms with Gasteiger partial charge in [-0.25, -0.2) is 9.48 Å². The van der Waals surface area contributed by atoms with Crippen molar-refractivity contribution in [3.63, 3.8) is 0 Å². The van der Waals surface area contributed by atoms with Crippen molar-refractivity contribution in [3.05, 3.63) is 41.7 Å². The number of benzene rings is 1. The van der Waals surface area contributed by atoms with E-state index in [0.29, 0.717) is 5.69 Å². The number of aromatic nitrogens is 2. The van der Waals surface area contributed by atoms with Gasteiger partial charge in [-0.3, -0.25) is 5.32 Å². The van der Waals surface area contributed by atoms with Crippen molar-refractivity contribution < 1.29 is 9.90 Å². The average Bonchev–Trinajstić information content (AvgIpc) is 2.83. The monoisotopic (exact) mass is 271 g/mol. The number of carbonyl (C=O) groups is 1. The number of hydrogen-bond donors (Lipinski definition) is 3. The lowest BCUT2D eigenvalue weighted by atomic mass is 10.1. The van der Waals surface area contributed by atoms with Crippen LogP contribution in [0.4, 0.5) is 10.5 Å². The number of anilines is 1. The van der Waals surface area contributed by atoms with Gasteiger partial charge in [0.25, 0.3) is 0 Å². The normalized spacial score (nSPS) is 9.80. The maximum Gasteiger partial charge on any atom is 0.404 e. The summed E-state index contributed by atoms with van der Waals surface area (Å²) >= 11 is 0. The fraction of sp³-hybridized carbons (Fsp3) is 0.154. The van der Waals surface area contributed by atoms with Crippen molar-refractivity contribution in [1.29, 1.82) is 5.26 Å². The summed E-state index contributed by atoms with van der Waals surface area (Å²) in [7, 11) is 0. The molecule has 2 rings (SSSR count). The molecule has 0 saturated heterocycles. The minimum Gasteiger partial charge on any atom is -0.465 e. The van der Waals surface area contributed by atoms with E-state index in [1.54, 1.807) is 29.1 Å². The first kappa shape index (κ1) is 13.4. The van der Waals surface area contributed by atoms with Gasteiger partial charge in [0.2, 0.25) is 0 Å². The standard InChI is InChI=1S/C13H13N5O2/c1-9-5-17-18(7-9)12-3-2-11(16-8-14)4-10(12)6-15-13(19)20/h2-5,7,15-16H,6H2,1H3,(H,19,20). The molecule has 3 N–H and O–H groups in total. The van der Waals surface area contributed by atoms with Crippen LogP contribution in [0.15, 0.2) is 30.6 Å². The Balaban J connectivity index is 2.39. The minimum absolute atomic E-state index is 0.129. The Morgan fingerprint density at radius 3 is 2.95 bits per heavy atom. The van der Waals surface area contributed by atoms with Gasteiger partial charge in [-0.05, 0) is 36.2 Å². The molecule has 7 heteroatoms. The maximum absolute atomic E-state index is 10.6. The fourth-order valence-corrected chi connectivity index (χ4v) is 1.81. The second-order valence-electron chi connectivity index (χ2n) is 4.20. The molecule has 0 saturated carbocycles. The summed E-state index contributed by atoms with van der Waals surface area (Å²) in [6.07, 6.45) is 4.29. The van der Waals surface area contributed by atoms with E-state index in [1.165, 1.54) is 0 Å². The molecule has 20 heavy (non-hydrogen) atoms. The summed E-state index contributed by atoms with van der Waals surface area (Å²) in [5, 5.41) is 26.4.